The molecule has 22 heavy (non-hydrogen) atoms. The Morgan fingerprint density at radius 2 is 2.23 bits per heavy atom. The van der Waals surface area contributed by atoms with Gasteiger partial charge >= 0.3 is 5.97 Å². The molecule has 2 rings (SSSR count). The smallest absolute Gasteiger partial charge is 0.335 e. The van der Waals surface area contributed by atoms with E-state index in [1.165, 1.54) is 25.4 Å². The van der Waals surface area contributed by atoms with Gasteiger partial charge in [-0.1, -0.05) is 0 Å². The quantitative estimate of drug-likeness (QED) is 0.764. The van der Waals surface area contributed by atoms with Crippen LogP contribution in [0.25, 0.3) is 0 Å². The first kappa shape index (κ1) is 15.1. The Morgan fingerprint density at radius 3 is 2.82 bits per heavy atom. The SMILES string of the molecule is CNc1nc(Nc2ccc(C(=O)O)cc2OC)ncc1C#N. The minimum Gasteiger partial charge on any atom is -0.495 e. The van der Waals surface area contributed by atoms with E-state index in [1.54, 1.807) is 13.1 Å². The molecule has 0 atom stereocenters. The van der Waals surface area contributed by atoms with Gasteiger partial charge in [-0.3, -0.25) is 0 Å². The summed E-state index contributed by atoms with van der Waals surface area (Å²) in [6, 6.07) is 6.37. The summed E-state index contributed by atoms with van der Waals surface area (Å²) in [5.41, 5.74) is 0.944. The van der Waals surface area contributed by atoms with Gasteiger partial charge in [0.15, 0.2) is 0 Å². The molecule has 0 unspecified atom stereocenters. The average Bonchev–Trinajstić information content (AvgIpc) is 2.54. The number of aromatic carboxylic acids is 1. The maximum atomic E-state index is 11.0. The summed E-state index contributed by atoms with van der Waals surface area (Å²) in [5.74, 6) is -0.0540. The Bertz CT molecular complexity index is 755. The molecule has 0 amide bonds. The number of ether oxygens (including phenoxy) is 1. The first-order chi connectivity index (χ1) is 10.6. The number of aromatic nitrogens is 2. The molecule has 0 aliphatic rings. The number of hydrogen-bond acceptors (Lipinski definition) is 7. The predicted molar refractivity (Wildman–Crippen MR) is 79.5 cm³/mol. The van der Waals surface area contributed by atoms with Crippen molar-refractivity contribution in [3.05, 3.63) is 35.5 Å². The molecule has 1 heterocycles. The van der Waals surface area contributed by atoms with Crippen LogP contribution in [0.5, 0.6) is 5.75 Å². The number of carbonyl (C=O) groups is 1. The van der Waals surface area contributed by atoms with E-state index in [1.807, 2.05) is 6.07 Å². The molecule has 112 valence electrons. The van der Waals surface area contributed by atoms with Gasteiger partial charge in [0.25, 0.3) is 0 Å². The number of nitrogens with zero attached hydrogens (tertiary/aromatic N) is 3. The fraction of sp³-hybridized carbons (Fsp3) is 0.143. The summed E-state index contributed by atoms with van der Waals surface area (Å²) in [4.78, 5) is 19.1. The second kappa shape index (κ2) is 6.41. The zero-order chi connectivity index (χ0) is 16.1. The first-order valence-electron chi connectivity index (χ1n) is 6.22. The third-order valence-corrected chi connectivity index (χ3v) is 2.84. The molecule has 0 fully saturated rings. The van der Waals surface area contributed by atoms with Gasteiger partial charge in [0.05, 0.1) is 24.6 Å². The zero-order valence-electron chi connectivity index (χ0n) is 11.9. The normalized spacial score (nSPS) is 9.68. The molecule has 1 aromatic carbocycles. The maximum Gasteiger partial charge on any atom is 0.335 e. The van der Waals surface area contributed by atoms with Gasteiger partial charge in [-0.25, -0.2) is 9.78 Å². The molecule has 0 aliphatic heterocycles. The van der Waals surface area contributed by atoms with Crippen LogP contribution in [0.2, 0.25) is 0 Å². The number of anilines is 3. The van der Waals surface area contributed by atoms with Crippen LogP contribution in [-0.2, 0) is 0 Å². The van der Waals surface area contributed by atoms with Crippen molar-refractivity contribution in [1.82, 2.24) is 9.97 Å². The Balaban J connectivity index is 2.35. The fourth-order valence-corrected chi connectivity index (χ4v) is 1.76. The number of rotatable bonds is 5. The van der Waals surface area contributed by atoms with Crippen LogP contribution in [0, 0.1) is 11.3 Å². The van der Waals surface area contributed by atoms with Gasteiger partial charge in [0.2, 0.25) is 5.95 Å². The van der Waals surface area contributed by atoms with E-state index < -0.39 is 5.97 Å². The van der Waals surface area contributed by atoms with Crippen molar-refractivity contribution < 1.29 is 14.6 Å². The summed E-state index contributed by atoms with van der Waals surface area (Å²) in [6.45, 7) is 0. The van der Waals surface area contributed by atoms with Crippen molar-refractivity contribution in [2.75, 3.05) is 24.8 Å². The van der Waals surface area contributed by atoms with Crippen LogP contribution in [0.4, 0.5) is 17.5 Å². The topological polar surface area (TPSA) is 120 Å². The molecule has 8 nitrogen and oxygen atoms in total. The van der Waals surface area contributed by atoms with E-state index >= 15 is 0 Å². The van der Waals surface area contributed by atoms with Crippen LogP contribution in [-0.4, -0.2) is 35.2 Å². The number of methoxy groups -OCH3 is 1. The number of carboxylic acid groups (broad SMARTS) is 1. The van der Waals surface area contributed by atoms with Crippen LogP contribution in [0.1, 0.15) is 15.9 Å². The van der Waals surface area contributed by atoms with Crippen molar-refractivity contribution in [3.63, 3.8) is 0 Å². The number of carboxylic acids is 1. The van der Waals surface area contributed by atoms with E-state index in [4.69, 9.17) is 15.1 Å². The van der Waals surface area contributed by atoms with Crippen LogP contribution >= 0.6 is 0 Å². The van der Waals surface area contributed by atoms with E-state index in [9.17, 15) is 4.79 Å². The predicted octanol–water partition coefficient (Wildman–Crippen LogP) is 1.84. The Kier molecular flexibility index (Phi) is 4.38. The Morgan fingerprint density at radius 1 is 1.45 bits per heavy atom. The van der Waals surface area contributed by atoms with E-state index in [2.05, 4.69) is 20.6 Å². The van der Waals surface area contributed by atoms with Crippen molar-refractivity contribution in [2.45, 2.75) is 0 Å². The van der Waals surface area contributed by atoms with Gasteiger partial charge in [0, 0.05) is 7.05 Å². The third kappa shape index (κ3) is 3.04. The summed E-state index contributed by atoms with van der Waals surface area (Å²) >= 11 is 0. The standard InChI is InChI=1S/C14H13N5O3/c1-16-12-9(6-15)7-17-14(19-12)18-10-4-3-8(13(20)21)5-11(10)22-2/h3-5,7H,1-2H3,(H,20,21)(H2,16,17,18,19). The van der Waals surface area contributed by atoms with Crippen LogP contribution < -0.4 is 15.4 Å². The average molecular weight is 299 g/mol. The summed E-state index contributed by atoms with van der Waals surface area (Å²) in [5, 5.41) is 23.6. The van der Waals surface area contributed by atoms with E-state index in [-0.39, 0.29) is 11.5 Å². The molecule has 2 aromatic rings. The number of nitriles is 1. The van der Waals surface area contributed by atoms with Gasteiger partial charge < -0.3 is 20.5 Å². The zero-order valence-corrected chi connectivity index (χ0v) is 11.9. The molecule has 0 aliphatic carbocycles. The van der Waals surface area contributed by atoms with Crippen molar-refractivity contribution in [3.8, 4) is 11.8 Å². The van der Waals surface area contributed by atoms with Crippen LogP contribution in [0.3, 0.4) is 0 Å². The molecular formula is C14H13N5O3. The summed E-state index contributed by atoms with van der Waals surface area (Å²) in [6.07, 6.45) is 1.39. The highest BCUT2D eigenvalue weighted by atomic mass is 16.5. The molecular weight excluding hydrogens is 286 g/mol. The molecule has 1 aromatic heterocycles. The third-order valence-electron chi connectivity index (χ3n) is 2.84. The Labute approximate surface area is 126 Å². The highest BCUT2D eigenvalue weighted by molar-refractivity contribution is 5.89. The molecule has 8 heteroatoms. The summed E-state index contributed by atoms with van der Waals surface area (Å²) < 4.78 is 5.16. The van der Waals surface area contributed by atoms with Gasteiger partial charge in [-0.05, 0) is 18.2 Å². The molecule has 0 spiro atoms. The second-order valence-electron chi connectivity index (χ2n) is 4.16. The molecule has 0 saturated heterocycles. The second-order valence-corrected chi connectivity index (χ2v) is 4.16. The Hall–Kier alpha value is -3.34. The van der Waals surface area contributed by atoms with Crippen LogP contribution in [0.15, 0.2) is 24.4 Å². The number of hydrogen-bond donors (Lipinski definition) is 3. The minimum atomic E-state index is -1.04. The highest BCUT2D eigenvalue weighted by Crippen LogP contribution is 2.28. The van der Waals surface area contributed by atoms with Crippen molar-refractivity contribution in [1.29, 1.82) is 5.26 Å². The first-order valence-corrected chi connectivity index (χ1v) is 6.22. The number of benzene rings is 1. The van der Waals surface area contributed by atoms with Gasteiger partial charge in [0.1, 0.15) is 23.2 Å². The molecule has 3 N–H and O–H groups in total. The molecule has 0 saturated carbocycles. The lowest BCUT2D eigenvalue weighted by atomic mass is 10.2. The van der Waals surface area contributed by atoms with Gasteiger partial charge in [-0.2, -0.15) is 10.2 Å². The molecule has 0 radical (unpaired) electrons. The maximum absolute atomic E-state index is 11.0. The lowest BCUT2D eigenvalue weighted by Crippen LogP contribution is -2.04. The van der Waals surface area contributed by atoms with E-state index in [0.29, 0.717) is 22.8 Å². The van der Waals surface area contributed by atoms with Crippen molar-refractivity contribution >= 4 is 23.4 Å². The van der Waals surface area contributed by atoms with E-state index in [0.717, 1.165) is 0 Å². The van der Waals surface area contributed by atoms with Crippen molar-refractivity contribution in [2.24, 2.45) is 0 Å². The monoisotopic (exact) mass is 299 g/mol. The summed E-state index contributed by atoms with van der Waals surface area (Å²) in [7, 11) is 3.08. The minimum absolute atomic E-state index is 0.110. The lowest BCUT2D eigenvalue weighted by molar-refractivity contribution is 0.0696. The fourth-order valence-electron chi connectivity index (χ4n) is 1.76. The molecule has 0 bridgehead atoms. The van der Waals surface area contributed by atoms with Gasteiger partial charge in [-0.15, -0.1) is 0 Å². The highest BCUT2D eigenvalue weighted by Gasteiger charge is 2.11. The lowest BCUT2D eigenvalue weighted by Gasteiger charge is -2.11. The number of nitrogens with one attached hydrogen (secondary N) is 2. The largest absolute Gasteiger partial charge is 0.495 e.